The molecule has 3 nitrogen and oxygen atoms in total. The van der Waals surface area contributed by atoms with Crippen LogP contribution in [0.1, 0.15) is 52.7 Å². The van der Waals surface area contributed by atoms with E-state index in [9.17, 15) is 4.39 Å². The first-order valence-corrected chi connectivity index (χ1v) is 12.5. The molecule has 24 heavy (non-hydrogen) atoms. The first-order chi connectivity index (χ1) is 11.2. The van der Waals surface area contributed by atoms with Crippen LogP contribution in [0.2, 0.25) is 13.1 Å². The number of aromatic nitrogens is 2. The van der Waals surface area contributed by atoms with Crippen LogP contribution in [0.4, 0.5) is 4.39 Å². The molecule has 0 aliphatic carbocycles. The van der Waals surface area contributed by atoms with Gasteiger partial charge in [-0.05, 0) is 78.6 Å². The highest BCUT2D eigenvalue weighted by Crippen LogP contribution is 2.29. The Morgan fingerprint density at radius 1 is 1.29 bits per heavy atom. The summed E-state index contributed by atoms with van der Waals surface area (Å²) in [7, 11) is -1.20. The highest BCUT2D eigenvalue weighted by atomic mass is 127. The summed E-state index contributed by atoms with van der Waals surface area (Å²) in [6, 6.07) is 4.87. The van der Waals surface area contributed by atoms with Crippen molar-refractivity contribution in [2.45, 2.75) is 65.8 Å². The summed E-state index contributed by atoms with van der Waals surface area (Å²) < 4.78 is 22.6. The molecule has 0 amide bonds. The molecule has 1 unspecified atom stereocenters. The molecular formula is C18H28FIN2OSi. The normalized spacial score (nSPS) is 13.8. The molecule has 0 aliphatic rings. The Balaban J connectivity index is 2.18. The maximum atomic E-state index is 13.5. The number of hydrogen-bond donors (Lipinski definition) is 0. The number of unbranched alkanes of at least 4 members (excludes halogenated alkanes) is 1. The summed E-state index contributed by atoms with van der Waals surface area (Å²) >= 11 is 2.18. The highest BCUT2D eigenvalue weighted by Gasteiger charge is 2.20. The van der Waals surface area contributed by atoms with E-state index in [0.29, 0.717) is 5.41 Å². The lowest BCUT2D eigenvalue weighted by molar-refractivity contribution is 0.109. The predicted molar refractivity (Wildman–Crippen MR) is 109 cm³/mol. The van der Waals surface area contributed by atoms with Crippen molar-refractivity contribution in [2.75, 3.05) is 0 Å². The predicted octanol–water partition coefficient (Wildman–Crippen LogP) is 5.89. The van der Waals surface area contributed by atoms with E-state index in [2.05, 4.69) is 61.6 Å². The molecular weight excluding hydrogens is 434 g/mol. The summed E-state index contributed by atoms with van der Waals surface area (Å²) in [5.41, 5.74) is 1.32. The van der Waals surface area contributed by atoms with Gasteiger partial charge in [-0.1, -0.05) is 27.2 Å². The van der Waals surface area contributed by atoms with E-state index in [1.54, 1.807) is 6.07 Å². The van der Waals surface area contributed by atoms with Crippen LogP contribution in [0.15, 0.2) is 18.2 Å². The minimum atomic E-state index is -1.20. The Morgan fingerprint density at radius 3 is 2.62 bits per heavy atom. The van der Waals surface area contributed by atoms with Crippen molar-refractivity contribution in [3.63, 3.8) is 0 Å². The zero-order valence-electron chi connectivity index (χ0n) is 15.3. The van der Waals surface area contributed by atoms with E-state index >= 15 is 0 Å². The summed E-state index contributed by atoms with van der Waals surface area (Å²) in [5.74, 6) is -0.221. The Hall–Kier alpha value is -0.473. The molecule has 2 rings (SSSR count). The van der Waals surface area contributed by atoms with E-state index < -0.39 is 9.04 Å². The third kappa shape index (κ3) is 5.52. The monoisotopic (exact) mass is 462 g/mol. The minimum Gasteiger partial charge on any atom is -0.399 e. The smallest absolute Gasteiger partial charge is 0.173 e. The Bertz CT molecular complexity index is 681. The van der Waals surface area contributed by atoms with Crippen LogP contribution in [0.3, 0.4) is 0 Å². The Morgan fingerprint density at radius 2 is 2.00 bits per heavy atom. The van der Waals surface area contributed by atoms with Crippen LogP contribution in [0.5, 0.6) is 0 Å². The van der Waals surface area contributed by atoms with E-state index in [4.69, 9.17) is 4.43 Å². The van der Waals surface area contributed by atoms with Crippen molar-refractivity contribution >= 4 is 42.5 Å². The van der Waals surface area contributed by atoms with Crippen LogP contribution >= 0.6 is 22.6 Å². The maximum absolute atomic E-state index is 13.5. The summed E-state index contributed by atoms with van der Waals surface area (Å²) in [4.78, 5) is 0. The second-order valence-electron chi connectivity index (χ2n) is 7.84. The van der Waals surface area contributed by atoms with Crippen LogP contribution in [0.25, 0.3) is 10.9 Å². The number of nitrogens with zero attached hydrogens (tertiary/aromatic N) is 2. The highest BCUT2D eigenvalue weighted by molar-refractivity contribution is 14.1. The first kappa shape index (κ1) is 19.8. The van der Waals surface area contributed by atoms with Gasteiger partial charge in [-0.2, -0.15) is 5.10 Å². The largest absolute Gasteiger partial charge is 0.399 e. The molecule has 0 fully saturated rings. The van der Waals surface area contributed by atoms with Crippen LogP contribution < -0.4 is 0 Å². The molecule has 0 aliphatic heterocycles. The zero-order chi connectivity index (χ0) is 17.9. The number of rotatable bonds is 7. The molecule has 1 atom stereocenters. The molecule has 2 aromatic rings. The lowest BCUT2D eigenvalue weighted by Crippen LogP contribution is -2.21. The third-order valence-corrected chi connectivity index (χ3v) is 5.61. The van der Waals surface area contributed by atoms with E-state index in [1.165, 1.54) is 18.9 Å². The molecule has 6 heteroatoms. The fraction of sp³-hybridized carbons (Fsp3) is 0.611. The maximum Gasteiger partial charge on any atom is 0.173 e. The molecule has 0 bridgehead atoms. The standard InChI is InChI=1S/C18H28FIN2OSi/c1-18(2,3)11-7-6-8-16(23-24(4)5)22-15-10-9-13(19)12-14(15)17(20)21-22/h9-10,12,16,24H,6-8,11H2,1-5H3. The van der Waals surface area contributed by atoms with Gasteiger partial charge in [0.25, 0.3) is 0 Å². The average molecular weight is 462 g/mol. The van der Waals surface area contributed by atoms with Gasteiger partial charge in [0.1, 0.15) is 15.7 Å². The molecule has 1 aromatic carbocycles. The number of fused-ring (bicyclic) bond motifs is 1. The molecule has 0 N–H and O–H groups in total. The van der Waals surface area contributed by atoms with Crippen molar-refractivity contribution in [3.8, 4) is 0 Å². The van der Waals surface area contributed by atoms with Crippen LogP contribution in [0, 0.1) is 14.9 Å². The fourth-order valence-corrected chi connectivity index (χ4v) is 4.38. The third-order valence-electron chi connectivity index (χ3n) is 3.95. The number of halogens is 2. The molecule has 0 saturated carbocycles. The second kappa shape index (κ2) is 8.27. The van der Waals surface area contributed by atoms with Gasteiger partial charge in [-0.25, -0.2) is 9.07 Å². The SMILES string of the molecule is C[SiH](C)OC(CCCCC(C)(C)C)n1nc(I)c2cc(F)ccc21. The van der Waals surface area contributed by atoms with Crippen LogP contribution in [-0.4, -0.2) is 18.8 Å². The van der Waals surface area contributed by atoms with Gasteiger partial charge >= 0.3 is 0 Å². The molecule has 0 saturated heterocycles. The van der Waals surface area contributed by atoms with Gasteiger partial charge in [-0.3, -0.25) is 0 Å². The Kier molecular flexibility index (Phi) is 6.84. The van der Waals surface area contributed by atoms with Gasteiger partial charge in [0.05, 0.1) is 5.52 Å². The number of hydrogen-bond acceptors (Lipinski definition) is 2. The number of benzene rings is 1. The second-order valence-corrected chi connectivity index (χ2v) is 11.2. The first-order valence-electron chi connectivity index (χ1n) is 8.66. The van der Waals surface area contributed by atoms with Crippen molar-refractivity contribution in [1.29, 1.82) is 0 Å². The van der Waals surface area contributed by atoms with Crippen molar-refractivity contribution in [2.24, 2.45) is 5.41 Å². The lowest BCUT2D eigenvalue weighted by Gasteiger charge is -2.23. The molecule has 0 spiro atoms. The summed E-state index contributed by atoms with van der Waals surface area (Å²) in [6.45, 7) is 11.2. The van der Waals surface area contributed by atoms with E-state index in [0.717, 1.165) is 27.4 Å². The minimum absolute atomic E-state index is 0.0480. The molecule has 1 heterocycles. The van der Waals surface area contributed by atoms with Crippen molar-refractivity contribution < 1.29 is 8.82 Å². The zero-order valence-corrected chi connectivity index (χ0v) is 18.6. The quantitative estimate of drug-likeness (QED) is 0.292. The molecule has 1 aromatic heterocycles. The van der Waals surface area contributed by atoms with E-state index in [-0.39, 0.29) is 12.0 Å². The van der Waals surface area contributed by atoms with Gasteiger partial charge in [0.15, 0.2) is 9.04 Å². The fourth-order valence-electron chi connectivity index (χ4n) is 2.83. The van der Waals surface area contributed by atoms with Gasteiger partial charge in [0.2, 0.25) is 0 Å². The van der Waals surface area contributed by atoms with E-state index in [1.807, 2.05) is 10.7 Å². The van der Waals surface area contributed by atoms with Crippen molar-refractivity contribution in [1.82, 2.24) is 9.78 Å². The Labute approximate surface area is 159 Å². The lowest BCUT2D eigenvalue weighted by atomic mass is 9.89. The average Bonchev–Trinajstić information content (AvgIpc) is 2.77. The topological polar surface area (TPSA) is 27.1 Å². The molecule has 134 valence electrons. The van der Waals surface area contributed by atoms with Gasteiger partial charge < -0.3 is 4.43 Å². The summed E-state index contributed by atoms with van der Waals surface area (Å²) in [6.07, 6.45) is 4.41. The van der Waals surface area contributed by atoms with Crippen LogP contribution in [-0.2, 0) is 4.43 Å². The summed E-state index contributed by atoms with van der Waals surface area (Å²) in [5, 5.41) is 5.51. The van der Waals surface area contributed by atoms with Gasteiger partial charge in [0, 0.05) is 5.39 Å². The van der Waals surface area contributed by atoms with Gasteiger partial charge in [-0.15, -0.1) is 0 Å². The molecule has 0 radical (unpaired) electrons. The van der Waals surface area contributed by atoms with Crippen molar-refractivity contribution in [3.05, 3.63) is 27.7 Å².